The standard InChI is InChI=1S/C29H36ClN3O3/c30-27-17-26(14-9-23(27)18-31)36-25-12-7-21(8-13-25)16-29(35)28-15-11-24(32-33-28)10-6-20-2-1-3-22(19-34)5-4-20/h9,11,14-15,17,20-22,25,34H,1-8,10,12-13,16,19H2/t20?,21-,22?,25-. The van der Waals surface area contributed by atoms with E-state index in [4.69, 9.17) is 21.6 Å². The number of aliphatic hydroxyl groups excluding tert-OH is 1. The number of aromatic nitrogens is 2. The van der Waals surface area contributed by atoms with Crippen LogP contribution >= 0.6 is 11.6 Å². The molecule has 1 aromatic heterocycles. The number of Topliss-reactive ketones (excluding diaryl/α,β-unsaturated/α-hetero) is 1. The second-order valence-electron chi connectivity index (χ2n) is 10.5. The molecule has 0 radical (unpaired) electrons. The zero-order valence-electron chi connectivity index (χ0n) is 20.9. The summed E-state index contributed by atoms with van der Waals surface area (Å²) in [6.45, 7) is 0.316. The van der Waals surface area contributed by atoms with E-state index in [0.29, 0.717) is 52.8 Å². The molecule has 0 saturated heterocycles. The van der Waals surface area contributed by atoms with Crippen LogP contribution in [0.25, 0.3) is 0 Å². The first-order chi connectivity index (χ1) is 17.5. The molecule has 2 aliphatic rings. The third kappa shape index (κ3) is 7.51. The summed E-state index contributed by atoms with van der Waals surface area (Å²) in [7, 11) is 0. The summed E-state index contributed by atoms with van der Waals surface area (Å²) >= 11 is 6.11. The maximum Gasteiger partial charge on any atom is 0.183 e. The minimum Gasteiger partial charge on any atom is -0.490 e. The fourth-order valence-corrected chi connectivity index (χ4v) is 5.81. The number of nitriles is 1. The number of rotatable bonds is 9. The molecule has 0 spiro atoms. The van der Waals surface area contributed by atoms with Crippen LogP contribution in [0.15, 0.2) is 30.3 Å². The molecule has 6 nitrogen and oxygen atoms in total. The zero-order valence-corrected chi connectivity index (χ0v) is 21.6. The Hall–Kier alpha value is -2.49. The molecule has 1 aromatic carbocycles. The molecule has 1 N–H and O–H groups in total. The Kier molecular flexibility index (Phi) is 9.72. The molecular weight excluding hydrogens is 474 g/mol. The van der Waals surface area contributed by atoms with Gasteiger partial charge in [-0.2, -0.15) is 10.4 Å². The summed E-state index contributed by atoms with van der Waals surface area (Å²) in [6.07, 6.45) is 12.1. The van der Waals surface area contributed by atoms with Crippen molar-refractivity contribution >= 4 is 17.4 Å². The predicted molar refractivity (Wildman–Crippen MR) is 139 cm³/mol. The number of carbonyl (C=O) groups is 1. The van der Waals surface area contributed by atoms with E-state index in [-0.39, 0.29) is 11.9 Å². The number of ketones is 1. The summed E-state index contributed by atoms with van der Waals surface area (Å²) < 4.78 is 6.06. The summed E-state index contributed by atoms with van der Waals surface area (Å²) in [4.78, 5) is 12.8. The molecule has 2 atom stereocenters. The van der Waals surface area contributed by atoms with Gasteiger partial charge in [-0.15, -0.1) is 5.10 Å². The first kappa shape index (κ1) is 26.6. The van der Waals surface area contributed by atoms with Gasteiger partial charge in [-0.1, -0.05) is 30.9 Å². The van der Waals surface area contributed by atoms with E-state index in [1.54, 1.807) is 18.2 Å². The maximum atomic E-state index is 12.8. The first-order valence-corrected chi connectivity index (χ1v) is 13.7. The Morgan fingerprint density at radius 2 is 1.75 bits per heavy atom. The molecule has 192 valence electrons. The van der Waals surface area contributed by atoms with Gasteiger partial charge < -0.3 is 9.84 Å². The molecule has 36 heavy (non-hydrogen) atoms. The Balaban J connectivity index is 1.19. The van der Waals surface area contributed by atoms with Crippen molar-refractivity contribution in [2.75, 3.05) is 6.61 Å². The van der Waals surface area contributed by atoms with Crippen molar-refractivity contribution in [2.45, 2.75) is 83.2 Å². The molecule has 0 aliphatic heterocycles. The molecule has 2 aromatic rings. The Bertz CT molecular complexity index is 1040. The van der Waals surface area contributed by atoms with Crippen LogP contribution in [0.1, 0.15) is 92.4 Å². The van der Waals surface area contributed by atoms with Crippen LogP contribution < -0.4 is 4.74 Å². The van der Waals surface area contributed by atoms with E-state index in [0.717, 1.165) is 57.1 Å². The normalized spacial score (nSPS) is 24.5. The lowest BCUT2D eigenvalue weighted by molar-refractivity contribution is 0.0896. The molecule has 1 heterocycles. The van der Waals surface area contributed by atoms with Crippen LogP contribution in [0.3, 0.4) is 0 Å². The van der Waals surface area contributed by atoms with Gasteiger partial charge in [0.1, 0.15) is 17.5 Å². The van der Waals surface area contributed by atoms with Crippen LogP contribution in [0.4, 0.5) is 0 Å². The summed E-state index contributed by atoms with van der Waals surface area (Å²) in [6, 6.07) is 11.0. The number of hydrogen-bond acceptors (Lipinski definition) is 6. The monoisotopic (exact) mass is 509 g/mol. The number of aryl methyl sites for hydroxylation is 1. The molecule has 2 unspecified atom stereocenters. The molecule has 0 bridgehead atoms. The van der Waals surface area contributed by atoms with E-state index in [9.17, 15) is 9.90 Å². The Morgan fingerprint density at radius 3 is 2.44 bits per heavy atom. The predicted octanol–water partition coefficient (Wildman–Crippen LogP) is 6.33. The second kappa shape index (κ2) is 13.2. The largest absolute Gasteiger partial charge is 0.490 e. The first-order valence-electron chi connectivity index (χ1n) is 13.4. The topological polar surface area (TPSA) is 96.1 Å². The molecule has 7 heteroatoms. The zero-order chi connectivity index (χ0) is 25.3. The minimum absolute atomic E-state index is 0.0658. The van der Waals surface area contributed by atoms with Gasteiger partial charge in [-0.25, -0.2) is 0 Å². The number of hydrogen-bond donors (Lipinski definition) is 1. The third-order valence-electron chi connectivity index (χ3n) is 7.91. The smallest absolute Gasteiger partial charge is 0.183 e. The van der Waals surface area contributed by atoms with Crippen molar-refractivity contribution in [3.8, 4) is 11.8 Å². The maximum absolute atomic E-state index is 12.8. The lowest BCUT2D eigenvalue weighted by Crippen LogP contribution is -2.25. The van der Waals surface area contributed by atoms with Crippen molar-refractivity contribution < 1.29 is 14.6 Å². The highest BCUT2D eigenvalue weighted by Crippen LogP contribution is 2.32. The van der Waals surface area contributed by atoms with Crippen LogP contribution in [0.5, 0.6) is 5.75 Å². The fraction of sp³-hybridized carbons (Fsp3) is 0.586. The average Bonchev–Trinajstić information content (AvgIpc) is 3.14. The number of nitrogens with zero attached hydrogens (tertiary/aromatic N) is 3. The van der Waals surface area contributed by atoms with E-state index in [1.165, 1.54) is 19.3 Å². The fourth-order valence-electron chi connectivity index (χ4n) is 5.59. The Morgan fingerprint density at radius 1 is 1.00 bits per heavy atom. The summed E-state index contributed by atoms with van der Waals surface area (Å²) in [5.74, 6) is 2.25. The van der Waals surface area contributed by atoms with Crippen molar-refractivity contribution in [1.82, 2.24) is 10.2 Å². The van der Waals surface area contributed by atoms with E-state index in [2.05, 4.69) is 16.3 Å². The van der Waals surface area contributed by atoms with Gasteiger partial charge in [0, 0.05) is 19.1 Å². The number of benzene rings is 1. The summed E-state index contributed by atoms with van der Waals surface area (Å²) in [5.41, 5.74) is 1.86. The quantitative estimate of drug-likeness (QED) is 0.313. The van der Waals surface area contributed by atoms with Gasteiger partial charge >= 0.3 is 0 Å². The van der Waals surface area contributed by atoms with Crippen LogP contribution in [0.2, 0.25) is 5.02 Å². The average molecular weight is 510 g/mol. The van der Waals surface area contributed by atoms with Gasteiger partial charge in [-0.3, -0.25) is 4.79 Å². The van der Waals surface area contributed by atoms with Gasteiger partial charge in [0.25, 0.3) is 0 Å². The van der Waals surface area contributed by atoms with E-state index in [1.807, 2.05) is 12.1 Å². The number of aliphatic hydroxyl groups is 1. The Labute approximate surface area is 219 Å². The molecule has 2 saturated carbocycles. The van der Waals surface area contributed by atoms with Crippen molar-refractivity contribution in [1.29, 1.82) is 5.26 Å². The van der Waals surface area contributed by atoms with Gasteiger partial charge in [0.2, 0.25) is 0 Å². The number of ether oxygens (including phenoxy) is 1. The highest BCUT2D eigenvalue weighted by Gasteiger charge is 2.25. The van der Waals surface area contributed by atoms with Gasteiger partial charge in [0.05, 0.1) is 22.4 Å². The van der Waals surface area contributed by atoms with E-state index < -0.39 is 0 Å². The van der Waals surface area contributed by atoms with Gasteiger partial charge in [-0.05, 0) is 93.4 Å². The molecular formula is C29H36ClN3O3. The SMILES string of the molecule is N#Cc1ccc(O[C@H]2CC[C@H](CC(=O)c3ccc(CCC4CCCC(CO)CC4)nn3)CC2)cc1Cl. The van der Waals surface area contributed by atoms with E-state index >= 15 is 0 Å². The third-order valence-corrected chi connectivity index (χ3v) is 8.22. The minimum atomic E-state index is 0.0658. The highest BCUT2D eigenvalue weighted by molar-refractivity contribution is 6.31. The lowest BCUT2D eigenvalue weighted by atomic mass is 9.84. The molecule has 4 rings (SSSR count). The highest BCUT2D eigenvalue weighted by atomic mass is 35.5. The van der Waals surface area contributed by atoms with Crippen molar-refractivity contribution in [3.63, 3.8) is 0 Å². The second-order valence-corrected chi connectivity index (χ2v) is 10.9. The molecule has 2 fully saturated rings. The molecule has 2 aliphatic carbocycles. The summed E-state index contributed by atoms with van der Waals surface area (Å²) in [5, 5.41) is 27.4. The van der Waals surface area contributed by atoms with Crippen LogP contribution in [0, 0.1) is 29.1 Å². The van der Waals surface area contributed by atoms with Crippen molar-refractivity contribution in [2.24, 2.45) is 17.8 Å². The van der Waals surface area contributed by atoms with Gasteiger partial charge in [0.15, 0.2) is 5.78 Å². The lowest BCUT2D eigenvalue weighted by Gasteiger charge is -2.28. The van der Waals surface area contributed by atoms with Crippen LogP contribution in [-0.4, -0.2) is 33.8 Å². The molecule has 0 amide bonds. The van der Waals surface area contributed by atoms with Crippen molar-refractivity contribution in [3.05, 3.63) is 52.3 Å². The van der Waals surface area contributed by atoms with Crippen LogP contribution in [-0.2, 0) is 6.42 Å². The number of halogens is 1. The number of carbonyl (C=O) groups excluding carboxylic acids is 1.